The number of rotatable bonds is 4. The van der Waals surface area contributed by atoms with E-state index < -0.39 is 0 Å². The number of carbonyl (C=O) groups is 1. The molecule has 2 rings (SSSR count). The van der Waals surface area contributed by atoms with Gasteiger partial charge in [-0.1, -0.05) is 31.5 Å². The van der Waals surface area contributed by atoms with E-state index >= 15 is 0 Å². The summed E-state index contributed by atoms with van der Waals surface area (Å²) in [6.45, 7) is 2.78. The van der Waals surface area contributed by atoms with Crippen LogP contribution in [0.4, 0.5) is 0 Å². The van der Waals surface area contributed by atoms with E-state index in [1.165, 1.54) is 0 Å². The third-order valence-corrected chi connectivity index (χ3v) is 2.48. The second-order valence-corrected chi connectivity index (χ2v) is 3.85. The molecule has 1 fully saturated rings. The molecule has 0 aromatic heterocycles. The summed E-state index contributed by atoms with van der Waals surface area (Å²) in [5.41, 5.74) is 1.52. The van der Waals surface area contributed by atoms with Gasteiger partial charge in [-0.2, -0.15) is 0 Å². The van der Waals surface area contributed by atoms with Gasteiger partial charge in [-0.05, 0) is 18.6 Å². The monoisotopic (exact) mass is 217 g/mol. The molecule has 0 radical (unpaired) electrons. The highest BCUT2D eigenvalue weighted by atomic mass is 16.6. The first-order valence-electron chi connectivity index (χ1n) is 5.59. The first-order chi connectivity index (χ1) is 7.81. The highest BCUT2D eigenvalue weighted by Gasteiger charge is 2.28. The number of ether oxygens (including phenoxy) is 1. The molecule has 1 amide bonds. The number of benzene rings is 1. The van der Waals surface area contributed by atoms with E-state index in [9.17, 15) is 4.79 Å². The maximum Gasteiger partial charge on any atom is 0.276 e. The summed E-state index contributed by atoms with van der Waals surface area (Å²) in [7, 11) is 0. The fourth-order valence-corrected chi connectivity index (χ4v) is 1.56. The van der Waals surface area contributed by atoms with Gasteiger partial charge in [-0.25, -0.2) is 4.99 Å². The third-order valence-electron chi connectivity index (χ3n) is 2.48. The van der Waals surface area contributed by atoms with Crippen LogP contribution in [0.5, 0.6) is 0 Å². The van der Waals surface area contributed by atoms with Crippen molar-refractivity contribution in [2.24, 2.45) is 4.99 Å². The normalized spacial score (nSPS) is 19.6. The molecule has 1 saturated heterocycles. The number of hydrogen-bond donors (Lipinski definition) is 0. The van der Waals surface area contributed by atoms with Crippen molar-refractivity contribution in [1.29, 1.82) is 0 Å². The van der Waals surface area contributed by atoms with E-state index in [4.69, 9.17) is 4.74 Å². The molecule has 1 aliphatic rings. The van der Waals surface area contributed by atoms with Crippen LogP contribution in [0.15, 0.2) is 35.3 Å². The van der Waals surface area contributed by atoms with Gasteiger partial charge in [0, 0.05) is 5.56 Å². The Hall–Kier alpha value is -1.48. The maximum atomic E-state index is 11.8. The predicted molar refractivity (Wildman–Crippen MR) is 62.9 cm³/mol. The van der Waals surface area contributed by atoms with E-state index in [0.29, 0.717) is 12.2 Å². The molecular weight excluding hydrogens is 202 g/mol. The van der Waals surface area contributed by atoms with Gasteiger partial charge in [0.15, 0.2) is 0 Å². The van der Waals surface area contributed by atoms with Crippen molar-refractivity contribution < 1.29 is 9.53 Å². The summed E-state index contributed by atoms with van der Waals surface area (Å²) in [4.78, 5) is 16.0. The van der Waals surface area contributed by atoms with Gasteiger partial charge in [0.1, 0.15) is 6.10 Å². The smallest absolute Gasteiger partial charge is 0.276 e. The van der Waals surface area contributed by atoms with Crippen LogP contribution in [-0.4, -0.2) is 24.3 Å². The zero-order valence-electron chi connectivity index (χ0n) is 9.35. The van der Waals surface area contributed by atoms with Crippen LogP contribution in [-0.2, 0) is 4.74 Å². The molecule has 0 spiro atoms. The Labute approximate surface area is 95.2 Å². The summed E-state index contributed by atoms with van der Waals surface area (Å²) in [5, 5.41) is 0. The number of carbonyl (C=O) groups excluding carboxylic acids is 1. The van der Waals surface area contributed by atoms with E-state index in [0.717, 1.165) is 18.6 Å². The molecular formula is C13H15NO2. The zero-order valence-corrected chi connectivity index (χ0v) is 9.35. The second kappa shape index (κ2) is 5.03. The van der Waals surface area contributed by atoms with Crippen LogP contribution in [0.2, 0.25) is 0 Å². The summed E-state index contributed by atoms with van der Waals surface area (Å²) < 4.78 is 5.18. The summed E-state index contributed by atoms with van der Waals surface area (Å²) in [6, 6.07) is 9.13. The van der Waals surface area contributed by atoms with Gasteiger partial charge in [0.25, 0.3) is 5.91 Å². The summed E-state index contributed by atoms with van der Waals surface area (Å²) >= 11 is 0. The standard InChI is InChI=1S/C13H15NO2/c1-2-6-11(12-9-16-12)14-13(15)10-7-4-3-5-8-10/h3-5,7-8,12H,2,6,9H2,1H3. The Morgan fingerprint density at radius 1 is 1.44 bits per heavy atom. The second-order valence-electron chi connectivity index (χ2n) is 3.85. The highest BCUT2D eigenvalue weighted by molar-refractivity contribution is 6.05. The molecule has 1 atom stereocenters. The molecule has 0 bridgehead atoms. The number of hydrogen-bond acceptors (Lipinski definition) is 2. The molecule has 84 valence electrons. The number of aliphatic imine (C=N–C) groups is 1. The molecule has 16 heavy (non-hydrogen) atoms. The Morgan fingerprint density at radius 3 is 2.69 bits per heavy atom. The minimum Gasteiger partial charge on any atom is -0.367 e. The number of nitrogens with zero attached hydrogens (tertiary/aromatic N) is 1. The Bertz CT molecular complexity index is 394. The highest BCUT2D eigenvalue weighted by Crippen LogP contribution is 2.16. The summed E-state index contributed by atoms with van der Waals surface area (Å²) in [5.74, 6) is -0.167. The molecule has 0 aliphatic carbocycles. The van der Waals surface area contributed by atoms with Gasteiger partial charge in [0.2, 0.25) is 0 Å². The van der Waals surface area contributed by atoms with Crippen molar-refractivity contribution in [3.63, 3.8) is 0 Å². The summed E-state index contributed by atoms with van der Waals surface area (Å²) in [6.07, 6.45) is 1.91. The van der Waals surface area contributed by atoms with Gasteiger partial charge in [0.05, 0.1) is 12.3 Å². The molecule has 0 N–H and O–H groups in total. The Balaban J connectivity index is 2.12. The van der Waals surface area contributed by atoms with Gasteiger partial charge < -0.3 is 4.74 Å². The Morgan fingerprint density at radius 2 is 2.12 bits per heavy atom. The van der Waals surface area contributed by atoms with Crippen LogP contribution >= 0.6 is 0 Å². The average Bonchev–Trinajstić information content (AvgIpc) is 3.13. The van der Waals surface area contributed by atoms with E-state index in [1.807, 2.05) is 18.2 Å². The molecule has 3 heteroatoms. The van der Waals surface area contributed by atoms with Crippen LogP contribution in [0, 0.1) is 0 Å². The van der Waals surface area contributed by atoms with Crippen molar-refractivity contribution in [2.75, 3.05) is 6.61 Å². The van der Waals surface area contributed by atoms with Crippen LogP contribution < -0.4 is 0 Å². The molecule has 3 nitrogen and oxygen atoms in total. The maximum absolute atomic E-state index is 11.8. The molecule has 1 heterocycles. The largest absolute Gasteiger partial charge is 0.367 e. The zero-order chi connectivity index (χ0) is 11.4. The first kappa shape index (κ1) is 11.0. The van der Waals surface area contributed by atoms with Crippen molar-refractivity contribution in [3.8, 4) is 0 Å². The Kier molecular flexibility index (Phi) is 3.47. The molecule has 1 aromatic carbocycles. The fraction of sp³-hybridized carbons (Fsp3) is 0.385. The van der Waals surface area contributed by atoms with E-state index in [-0.39, 0.29) is 12.0 Å². The minimum atomic E-state index is -0.167. The lowest BCUT2D eigenvalue weighted by Crippen LogP contribution is -2.10. The van der Waals surface area contributed by atoms with Gasteiger partial charge in [-0.3, -0.25) is 4.79 Å². The van der Waals surface area contributed by atoms with Crippen LogP contribution in [0.1, 0.15) is 30.1 Å². The SMILES string of the molecule is CCCC(=NC(=O)c1ccccc1)C1CO1. The van der Waals surface area contributed by atoms with Crippen molar-refractivity contribution in [2.45, 2.75) is 25.9 Å². The van der Waals surface area contributed by atoms with E-state index in [1.54, 1.807) is 12.1 Å². The quantitative estimate of drug-likeness (QED) is 0.574. The fourth-order valence-electron chi connectivity index (χ4n) is 1.56. The van der Waals surface area contributed by atoms with Crippen LogP contribution in [0.3, 0.4) is 0 Å². The first-order valence-corrected chi connectivity index (χ1v) is 5.59. The molecule has 1 unspecified atom stereocenters. The van der Waals surface area contributed by atoms with Crippen molar-refractivity contribution in [3.05, 3.63) is 35.9 Å². The minimum absolute atomic E-state index is 0.0904. The third kappa shape index (κ3) is 2.76. The lowest BCUT2D eigenvalue weighted by molar-refractivity contribution is 0.100. The lowest BCUT2D eigenvalue weighted by atomic mass is 10.1. The average molecular weight is 217 g/mol. The van der Waals surface area contributed by atoms with Crippen molar-refractivity contribution in [1.82, 2.24) is 0 Å². The number of epoxide rings is 1. The van der Waals surface area contributed by atoms with Crippen LogP contribution in [0.25, 0.3) is 0 Å². The van der Waals surface area contributed by atoms with Crippen molar-refractivity contribution >= 4 is 11.6 Å². The number of amides is 1. The van der Waals surface area contributed by atoms with Gasteiger partial charge >= 0.3 is 0 Å². The lowest BCUT2D eigenvalue weighted by Gasteiger charge is -2.00. The molecule has 0 saturated carbocycles. The van der Waals surface area contributed by atoms with Gasteiger partial charge in [-0.15, -0.1) is 0 Å². The van der Waals surface area contributed by atoms with E-state index in [2.05, 4.69) is 11.9 Å². The molecule has 1 aliphatic heterocycles. The topological polar surface area (TPSA) is 42.0 Å². The predicted octanol–water partition coefficient (Wildman–Crippen LogP) is 2.47. The molecule has 1 aromatic rings.